The molecule has 7 nitrogen and oxygen atoms in total. The van der Waals surface area contributed by atoms with Crippen molar-refractivity contribution < 1.29 is 9.53 Å². The van der Waals surface area contributed by atoms with Gasteiger partial charge in [-0.2, -0.15) is 0 Å². The maximum Gasteiger partial charge on any atom is 0.217 e. The van der Waals surface area contributed by atoms with Gasteiger partial charge in [-0.25, -0.2) is 0 Å². The molecule has 1 amide bonds. The lowest BCUT2D eigenvalue weighted by atomic mass is 9.95. The predicted octanol–water partition coefficient (Wildman–Crippen LogP) is 1.59. The van der Waals surface area contributed by atoms with Crippen LogP contribution in [0.2, 0.25) is 0 Å². The molecule has 0 aromatic carbocycles. The maximum atomic E-state index is 11.3. The highest BCUT2D eigenvalue weighted by Crippen LogP contribution is 2.28. The van der Waals surface area contributed by atoms with Crippen molar-refractivity contribution in [3.63, 3.8) is 0 Å². The molecule has 0 spiro atoms. The average molecular weight is 408 g/mol. The van der Waals surface area contributed by atoms with Crippen LogP contribution < -0.4 is 11.1 Å². The number of morpholine rings is 1. The van der Waals surface area contributed by atoms with Crippen LogP contribution in [0.1, 0.15) is 35.1 Å². The van der Waals surface area contributed by atoms with Crippen LogP contribution in [0.3, 0.4) is 0 Å². The van der Waals surface area contributed by atoms with E-state index in [-0.39, 0.29) is 5.91 Å². The number of nitrogens with zero attached hydrogens (tertiary/aromatic N) is 3. The van der Waals surface area contributed by atoms with Gasteiger partial charge in [0.2, 0.25) is 5.91 Å². The van der Waals surface area contributed by atoms with E-state index >= 15 is 0 Å². The fourth-order valence-electron chi connectivity index (χ4n) is 4.16. The normalized spacial score (nSPS) is 22.9. The van der Waals surface area contributed by atoms with Crippen molar-refractivity contribution >= 4 is 23.2 Å². The second-order valence-electron chi connectivity index (χ2n) is 7.67. The molecule has 1 aromatic rings. The highest BCUT2D eigenvalue weighted by Gasteiger charge is 2.27. The Hall–Kier alpha value is -1.64. The monoisotopic (exact) mass is 407 g/mol. The van der Waals surface area contributed by atoms with Crippen LogP contribution in [-0.4, -0.2) is 74.7 Å². The number of hydrogen-bond acceptors (Lipinski definition) is 5. The molecule has 2 aliphatic rings. The number of piperidine rings is 1. The van der Waals surface area contributed by atoms with E-state index in [9.17, 15) is 4.79 Å². The first-order chi connectivity index (χ1) is 13.6. The number of amides is 1. The number of primary amides is 1. The van der Waals surface area contributed by atoms with E-state index in [2.05, 4.69) is 39.2 Å². The van der Waals surface area contributed by atoms with Gasteiger partial charge in [0.1, 0.15) is 0 Å². The van der Waals surface area contributed by atoms with Crippen molar-refractivity contribution in [2.45, 2.75) is 32.2 Å². The molecule has 0 radical (unpaired) electrons. The van der Waals surface area contributed by atoms with E-state index in [1.165, 1.54) is 9.75 Å². The lowest BCUT2D eigenvalue weighted by Gasteiger charge is -2.37. The SMILES string of the molecule is CN=C(NCC(c1ccc(C)s1)N1CCOCC1)N1CCCC(CC(N)=O)C1. The first-order valence-corrected chi connectivity index (χ1v) is 11.0. The molecular formula is C20H33N5O2S. The van der Waals surface area contributed by atoms with Crippen LogP contribution in [-0.2, 0) is 9.53 Å². The molecule has 2 atom stereocenters. The topological polar surface area (TPSA) is 83.2 Å². The first-order valence-electron chi connectivity index (χ1n) is 10.2. The van der Waals surface area contributed by atoms with Gasteiger partial charge in [-0.05, 0) is 37.8 Å². The molecule has 28 heavy (non-hydrogen) atoms. The number of aliphatic imine (C=N–C) groups is 1. The summed E-state index contributed by atoms with van der Waals surface area (Å²) in [6, 6.07) is 4.75. The van der Waals surface area contributed by atoms with E-state index in [0.29, 0.717) is 18.4 Å². The fraction of sp³-hybridized carbons (Fsp3) is 0.700. The van der Waals surface area contributed by atoms with E-state index in [0.717, 1.165) is 64.7 Å². The van der Waals surface area contributed by atoms with Crippen LogP contribution in [0.25, 0.3) is 0 Å². The molecule has 3 rings (SSSR count). The van der Waals surface area contributed by atoms with Crippen LogP contribution in [0.4, 0.5) is 0 Å². The van der Waals surface area contributed by atoms with E-state index in [1.54, 1.807) is 0 Å². The van der Waals surface area contributed by atoms with E-state index in [4.69, 9.17) is 10.5 Å². The zero-order valence-corrected chi connectivity index (χ0v) is 17.8. The van der Waals surface area contributed by atoms with Gasteiger partial charge in [0.15, 0.2) is 5.96 Å². The molecule has 1 aromatic heterocycles. The van der Waals surface area contributed by atoms with Crippen LogP contribution in [0.5, 0.6) is 0 Å². The van der Waals surface area contributed by atoms with Gasteiger partial charge in [-0.3, -0.25) is 14.7 Å². The highest BCUT2D eigenvalue weighted by atomic mass is 32.1. The zero-order valence-electron chi connectivity index (χ0n) is 17.0. The maximum absolute atomic E-state index is 11.3. The van der Waals surface area contributed by atoms with Gasteiger partial charge in [-0.1, -0.05) is 0 Å². The first kappa shape index (κ1) is 21.1. The number of hydrogen-bond donors (Lipinski definition) is 2. The van der Waals surface area contributed by atoms with E-state index < -0.39 is 0 Å². The number of carbonyl (C=O) groups excluding carboxylic acids is 1. The molecule has 2 unspecified atom stereocenters. The van der Waals surface area contributed by atoms with Crippen molar-refractivity contribution in [3.8, 4) is 0 Å². The van der Waals surface area contributed by atoms with Gasteiger partial charge in [0.05, 0.1) is 19.3 Å². The summed E-state index contributed by atoms with van der Waals surface area (Å²) in [6.07, 6.45) is 2.58. The lowest BCUT2D eigenvalue weighted by molar-refractivity contribution is -0.119. The Morgan fingerprint density at radius 1 is 1.39 bits per heavy atom. The Morgan fingerprint density at radius 3 is 2.82 bits per heavy atom. The quantitative estimate of drug-likeness (QED) is 0.553. The summed E-state index contributed by atoms with van der Waals surface area (Å²) < 4.78 is 5.55. The summed E-state index contributed by atoms with van der Waals surface area (Å²) in [7, 11) is 1.83. The van der Waals surface area contributed by atoms with Gasteiger partial charge in [0.25, 0.3) is 0 Å². The summed E-state index contributed by atoms with van der Waals surface area (Å²) in [4.78, 5) is 23.3. The summed E-state index contributed by atoms with van der Waals surface area (Å²) in [5, 5.41) is 3.60. The summed E-state index contributed by atoms with van der Waals surface area (Å²) >= 11 is 1.86. The molecule has 3 heterocycles. The number of nitrogens with two attached hydrogens (primary N) is 1. The number of aryl methyl sites for hydroxylation is 1. The molecule has 156 valence electrons. The number of ether oxygens (including phenoxy) is 1. The molecule has 2 fully saturated rings. The highest BCUT2D eigenvalue weighted by molar-refractivity contribution is 7.12. The minimum absolute atomic E-state index is 0.213. The van der Waals surface area contributed by atoms with Crippen LogP contribution in [0.15, 0.2) is 17.1 Å². The van der Waals surface area contributed by atoms with Gasteiger partial charge in [-0.15, -0.1) is 11.3 Å². The molecule has 8 heteroatoms. The number of likely N-dealkylation sites (tertiary alicyclic amines) is 1. The Labute approximate surface area is 171 Å². The summed E-state index contributed by atoms with van der Waals surface area (Å²) in [5.41, 5.74) is 5.41. The second-order valence-corrected chi connectivity index (χ2v) is 8.98. The minimum atomic E-state index is -0.213. The number of carbonyl (C=O) groups is 1. The largest absolute Gasteiger partial charge is 0.379 e. The molecule has 0 saturated carbocycles. The third kappa shape index (κ3) is 5.68. The standard InChI is InChI=1S/C20H33N5O2S/c1-15-5-6-18(28-15)17(24-8-10-27-11-9-24)13-23-20(22-2)25-7-3-4-16(14-25)12-19(21)26/h5-6,16-17H,3-4,7-14H2,1-2H3,(H2,21,26)(H,22,23). The van der Waals surface area contributed by atoms with Crippen molar-refractivity contribution in [1.82, 2.24) is 15.1 Å². The summed E-state index contributed by atoms with van der Waals surface area (Å²) in [6.45, 7) is 8.25. The van der Waals surface area contributed by atoms with E-state index in [1.807, 2.05) is 18.4 Å². The Morgan fingerprint density at radius 2 is 2.18 bits per heavy atom. The van der Waals surface area contributed by atoms with Gasteiger partial charge >= 0.3 is 0 Å². The zero-order chi connectivity index (χ0) is 19.9. The molecule has 0 aliphatic carbocycles. The smallest absolute Gasteiger partial charge is 0.217 e. The van der Waals surface area contributed by atoms with Gasteiger partial charge in [0, 0.05) is 55.9 Å². The Kier molecular flexibility index (Phi) is 7.70. The second kappa shape index (κ2) is 10.2. The van der Waals surface area contributed by atoms with Crippen molar-refractivity contribution in [3.05, 3.63) is 21.9 Å². The average Bonchev–Trinajstić information content (AvgIpc) is 3.11. The molecular weight excluding hydrogens is 374 g/mol. The fourth-order valence-corrected chi connectivity index (χ4v) is 5.17. The van der Waals surface area contributed by atoms with Crippen LogP contribution in [0, 0.1) is 12.8 Å². The molecule has 3 N–H and O–H groups in total. The number of nitrogens with one attached hydrogen (secondary N) is 1. The van der Waals surface area contributed by atoms with Crippen molar-refractivity contribution in [2.24, 2.45) is 16.6 Å². The van der Waals surface area contributed by atoms with Crippen molar-refractivity contribution in [1.29, 1.82) is 0 Å². The van der Waals surface area contributed by atoms with Gasteiger partial charge < -0.3 is 20.7 Å². The predicted molar refractivity (Wildman–Crippen MR) is 114 cm³/mol. The Bertz CT molecular complexity index is 671. The third-order valence-corrected chi connectivity index (χ3v) is 6.65. The molecule has 2 aliphatic heterocycles. The summed E-state index contributed by atoms with van der Waals surface area (Å²) in [5.74, 6) is 1.02. The number of thiophene rings is 1. The molecule has 0 bridgehead atoms. The minimum Gasteiger partial charge on any atom is -0.379 e. The van der Waals surface area contributed by atoms with Crippen LogP contribution >= 0.6 is 11.3 Å². The Balaban J connectivity index is 1.64. The molecule has 2 saturated heterocycles. The third-order valence-electron chi connectivity index (χ3n) is 5.55. The number of rotatable bonds is 6. The number of guanidine groups is 1. The lowest BCUT2D eigenvalue weighted by Crippen LogP contribution is -2.50. The van der Waals surface area contributed by atoms with Crippen molar-refractivity contribution in [2.75, 3.05) is 53.0 Å².